The molecule has 0 amide bonds. The van der Waals surface area contributed by atoms with Gasteiger partial charge in [-0.2, -0.15) is 0 Å². The second-order valence-corrected chi connectivity index (χ2v) is 2.90. The summed E-state index contributed by atoms with van der Waals surface area (Å²) in [6.07, 6.45) is 1.38. The minimum Gasteiger partial charge on any atom is -0.356 e. The molecule has 0 aliphatic rings. The summed E-state index contributed by atoms with van der Waals surface area (Å²) in [5.74, 6) is 0. The molecule has 0 aliphatic heterocycles. The van der Waals surface area contributed by atoms with Crippen LogP contribution in [-0.2, 0) is 20.7 Å². The number of ether oxygens (including phenoxy) is 2. The van der Waals surface area contributed by atoms with Crippen LogP contribution in [-0.4, -0.2) is 26.8 Å². The fourth-order valence-electron chi connectivity index (χ4n) is 0.807. The molecule has 0 unspecified atom stereocenters. The van der Waals surface area contributed by atoms with Gasteiger partial charge in [0.25, 0.3) is 0 Å². The fraction of sp³-hybridized carbons (Fsp3) is 0.417. The lowest BCUT2D eigenvalue weighted by Crippen LogP contribution is -2.05. The van der Waals surface area contributed by atoms with Gasteiger partial charge in [0.2, 0.25) is 0 Å². The highest BCUT2D eigenvalue weighted by molar-refractivity contribution is 5.54. The van der Waals surface area contributed by atoms with E-state index in [0.717, 1.165) is 11.8 Å². The minimum absolute atomic E-state index is 0.0648. The molecule has 0 atom stereocenters. The van der Waals surface area contributed by atoms with E-state index in [1.807, 2.05) is 37.3 Å². The van der Waals surface area contributed by atoms with Crippen molar-refractivity contribution in [2.24, 2.45) is 0 Å². The van der Waals surface area contributed by atoms with Crippen molar-refractivity contribution in [2.45, 2.75) is 19.6 Å². The first-order valence-electron chi connectivity index (χ1n) is 4.77. The van der Waals surface area contributed by atoms with E-state index in [9.17, 15) is 4.79 Å². The average molecular weight is 210 g/mol. The van der Waals surface area contributed by atoms with Crippen LogP contribution < -0.4 is 0 Å². The first-order valence-corrected chi connectivity index (χ1v) is 4.77. The van der Waals surface area contributed by atoms with Crippen molar-refractivity contribution in [3.63, 3.8) is 0 Å². The summed E-state index contributed by atoms with van der Waals surface area (Å²) in [5, 5.41) is 0. The molecule has 0 aliphatic carbocycles. The van der Waals surface area contributed by atoms with Crippen LogP contribution in [0.3, 0.4) is 0 Å². The Morgan fingerprint density at radius 1 is 1.20 bits per heavy atom. The molecule has 0 radical (unpaired) electrons. The second kappa shape index (κ2) is 9.37. The maximum absolute atomic E-state index is 9.97. The molecule has 1 rings (SSSR count). The lowest BCUT2D eigenvalue weighted by Gasteiger charge is -2.03. The zero-order valence-corrected chi connectivity index (χ0v) is 9.47. The molecule has 0 bridgehead atoms. The molecule has 3 heteroatoms. The first kappa shape index (κ1) is 13.8. The van der Waals surface area contributed by atoms with Crippen LogP contribution in [0, 0.1) is 0 Å². The monoisotopic (exact) mass is 210 g/mol. The Morgan fingerprint density at radius 3 is 2.07 bits per heavy atom. The van der Waals surface area contributed by atoms with E-state index in [-0.39, 0.29) is 6.29 Å². The van der Waals surface area contributed by atoms with Crippen LogP contribution in [0.2, 0.25) is 0 Å². The van der Waals surface area contributed by atoms with Crippen LogP contribution in [0.15, 0.2) is 30.3 Å². The summed E-state index contributed by atoms with van der Waals surface area (Å²) < 4.78 is 9.35. The lowest BCUT2D eigenvalue weighted by atomic mass is 10.2. The van der Waals surface area contributed by atoms with E-state index < -0.39 is 0 Å². The van der Waals surface area contributed by atoms with Crippen molar-refractivity contribution in [3.05, 3.63) is 35.9 Å². The molecule has 1 aromatic carbocycles. The van der Waals surface area contributed by atoms with Crippen molar-refractivity contribution in [1.82, 2.24) is 0 Å². The van der Waals surface area contributed by atoms with Crippen molar-refractivity contribution in [1.29, 1.82) is 0 Å². The number of carbonyl (C=O) groups excluding carboxylic acids is 1. The summed E-state index contributed by atoms with van der Waals surface area (Å²) in [7, 11) is 3.21. The molecule has 0 fully saturated rings. The number of hydrogen-bond donors (Lipinski definition) is 0. The van der Waals surface area contributed by atoms with Gasteiger partial charge in [0.05, 0.1) is 0 Å². The number of methoxy groups -OCH3 is 2. The lowest BCUT2D eigenvalue weighted by molar-refractivity contribution is -0.107. The average Bonchev–Trinajstić information content (AvgIpc) is 2.31. The Kier molecular flexibility index (Phi) is 8.63. The highest BCUT2D eigenvalue weighted by Gasteiger charge is 1.88. The van der Waals surface area contributed by atoms with E-state index in [1.165, 1.54) is 0 Å². The third-order valence-corrected chi connectivity index (χ3v) is 1.83. The van der Waals surface area contributed by atoms with E-state index in [2.05, 4.69) is 9.47 Å². The number of carbonyl (C=O) groups is 1. The van der Waals surface area contributed by atoms with Gasteiger partial charge >= 0.3 is 0 Å². The molecule has 0 spiro atoms. The topological polar surface area (TPSA) is 35.5 Å². The van der Waals surface area contributed by atoms with Gasteiger partial charge in [-0.05, 0) is 12.5 Å². The Labute approximate surface area is 91.0 Å². The first-order chi connectivity index (χ1) is 7.24. The predicted octanol–water partition coefficient (Wildman–Crippen LogP) is 2.05. The van der Waals surface area contributed by atoms with Gasteiger partial charge in [-0.3, -0.25) is 0 Å². The van der Waals surface area contributed by atoms with Crippen molar-refractivity contribution < 1.29 is 14.3 Å². The predicted molar refractivity (Wildman–Crippen MR) is 59.7 cm³/mol. The van der Waals surface area contributed by atoms with E-state index in [1.54, 1.807) is 14.2 Å². The number of hydrogen-bond acceptors (Lipinski definition) is 3. The van der Waals surface area contributed by atoms with Gasteiger partial charge in [-0.25, -0.2) is 0 Å². The Bertz CT molecular complexity index is 242. The van der Waals surface area contributed by atoms with E-state index in [4.69, 9.17) is 0 Å². The van der Waals surface area contributed by atoms with Gasteiger partial charge in [0, 0.05) is 20.6 Å². The quantitative estimate of drug-likeness (QED) is 0.563. The molecule has 0 saturated heterocycles. The highest BCUT2D eigenvalue weighted by atomic mass is 16.7. The molecular formula is C12H18O3. The molecule has 0 heterocycles. The van der Waals surface area contributed by atoms with Crippen LogP contribution in [0.4, 0.5) is 0 Å². The van der Waals surface area contributed by atoms with Gasteiger partial charge in [0.15, 0.2) is 6.29 Å². The summed E-state index contributed by atoms with van der Waals surface area (Å²) in [6.45, 7) is 1.83. The Morgan fingerprint density at radius 2 is 1.73 bits per heavy atom. The number of aldehydes is 1. The molecule has 84 valence electrons. The normalized spacial score (nSPS) is 9.33. The molecule has 0 N–H and O–H groups in total. The molecule has 3 nitrogen and oxygen atoms in total. The Balaban J connectivity index is 0.000000288. The fourth-order valence-corrected chi connectivity index (χ4v) is 0.807. The standard InChI is InChI=1S/C8H8O.C4H10O2/c9-7-6-8-4-2-1-3-5-8;1-4(5-2)6-3/h1-5,7H,6H2;4H,1-3H3. The van der Waals surface area contributed by atoms with Crippen LogP contribution >= 0.6 is 0 Å². The smallest absolute Gasteiger partial charge is 0.154 e. The van der Waals surface area contributed by atoms with E-state index in [0.29, 0.717) is 6.42 Å². The third kappa shape index (κ3) is 7.85. The van der Waals surface area contributed by atoms with Gasteiger partial charge in [-0.1, -0.05) is 30.3 Å². The van der Waals surface area contributed by atoms with Crippen molar-refractivity contribution >= 4 is 6.29 Å². The van der Waals surface area contributed by atoms with Gasteiger partial charge < -0.3 is 14.3 Å². The van der Waals surface area contributed by atoms with Crippen molar-refractivity contribution in [3.8, 4) is 0 Å². The summed E-state index contributed by atoms with van der Waals surface area (Å²) in [5.41, 5.74) is 1.08. The van der Waals surface area contributed by atoms with Crippen molar-refractivity contribution in [2.75, 3.05) is 14.2 Å². The molecule has 0 aromatic heterocycles. The maximum Gasteiger partial charge on any atom is 0.154 e. The number of benzene rings is 1. The zero-order valence-electron chi connectivity index (χ0n) is 9.47. The SMILES string of the molecule is COC(C)OC.O=CCc1ccccc1. The minimum atomic E-state index is -0.0648. The van der Waals surface area contributed by atoms with E-state index >= 15 is 0 Å². The van der Waals surface area contributed by atoms with Crippen LogP contribution in [0.5, 0.6) is 0 Å². The largest absolute Gasteiger partial charge is 0.356 e. The summed E-state index contributed by atoms with van der Waals surface area (Å²) in [6, 6.07) is 9.68. The summed E-state index contributed by atoms with van der Waals surface area (Å²) >= 11 is 0. The van der Waals surface area contributed by atoms with Crippen LogP contribution in [0.1, 0.15) is 12.5 Å². The Hall–Kier alpha value is -1.19. The molecule has 15 heavy (non-hydrogen) atoms. The zero-order chi connectivity index (χ0) is 11.5. The molecular weight excluding hydrogens is 192 g/mol. The number of rotatable bonds is 4. The highest BCUT2D eigenvalue weighted by Crippen LogP contribution is 1.96. The van der Waals surface area contributed by atoms with Gasteiger partial charge in [0.1, 0.15) is 6.29 Å². The molecule has 0 saturated carbocycles. The molecule has 1 aromatic rings. The maximum atomic E-state index is 9.97. The van der Waals surface area contributed by atoms with Gasteiger partial charge in [-0.15, -0.1) is 0 Å². The van der Waals surface area contributed by atoms with Crippen LogP contribution in [0.25, 0.3) is 0 Å². The summed E-state index contributed by atoms with van der Waals surface area (Å²) in [4.78, 5) is 9.97. The second-order valence-electron chi connectivity index (χ2n) is 2.90. The third-order valence-electron chi connectivity index (χ3n) is 1.83.